The zero-order chi connectivity index (χ0) is 27.2. The average molecular weight is 579 g/mol. The molecule has 0 aliphatic carbocycles. The topological polar surface area (TPSA) is 61.4 Å². The van der Waals surface area contributed by atoms with Gasteiger partial charge in [-0.15, -0.1) is 0 Å². The van der Waals surface area contributed by atoms with Gasteiger partial charge in [-0.05, 0) is 67.1 Å². The Balaban J connectivity index is 1.44. The van der Waals surface area contributed by atoms with Crippen molar-refractivity contribution in [1.29, 1.82) is 0 Å². The summed E-state index contributed by atoms with van der Waals surface area (Å²) < 4.78 is 41.5. The van der Waals surface area contributed by atoms with Gasteiger partial charge in [0.05, 0.1) is 10.6 Å². The molecule has 0 spiro atoms. The van der Waals surface area contributed by atoms with Crippen LogP contribution in [-0.2, 0) is 4.79 Å². The van der Waals surface area contributed by atoms with Crippen LogP contribution in [0.1, 0.15) is 53.9 Å². The molecule has 37 heavy (non-hydrogen) atoms. The predicted molar refractivity (Wildman–Crippen MR) is 142 cm³/mol. The van der Waals surface area contributed by atoms with Gasteiger partial charge >= 0.3 is 6.18 Å². The van der Waals surface area contributed by atoms with E-state index < -0.39 is 18.0 Å². The summed E-state index contributed by atoms with van der Waals surface area (Å²) in [6, 6.07) is 8.81. The molecule has 2 amide bonds. The molecule has 2 N–H and O–H groups in total. The summed E-state index contributed by atoms with van der Waals surface area (Å²) in [7, 11) is 1.54. The highest BCUT2D eigenvalue weighted by atomic mass is 35.5. The van der Waals surface area contributed by atoms with Crippen molar-refractivity contribution in [3.8, 4) is 0 Å². The fourth-order valence-electron chi connectivity index (χ4n) is 4.57. The number of amides is 2. The normalized spacial score (nSPS) is 15.4. The van der Waals surface area contributed by atoms with Crippen LogP contribution in [0.3, 0.4) is 0 Å². The zero-order valence-electron chi connectivity index (χ0n) is 20.3. The van der Waals surface area contributed by atoms with Gasteiger partial charge in [0.25, 0.3) is 5.91 Å². The molecule has 5 nitrogen and oxygen atoms in total. The summed E-state index contributed by atoms with van der Waals surface area (Å²) >= 11 is 17.9. The molecule has 0 saturated carbocycles. The van der Waals surface area contributed by atoms with E-state index in [-0.39, 0.29) is 21.5 Å². The molecule has 1 aliphatic heterocycles. The first-order valence-electron chi connectivity index (χ1n) is 12.1. The summed E-state index contributed by atoms with van der Waals surface area (Å²) in [6.45, 7) is 1.31. The molecule has 3 rings (SSSR count). The summed E-state index contributed by atoms with van der Waals surface area (Å²) in [6.07, 6.45) is -0.636. The SMILES string of the molecule is CNC(=O)c1ccc(NCCCCC2CCN(C(=O)[C@H](c3cc(Cl)cc(Cl)c3)C(F)(F)F)CC2)cc1Cl. The minimum absolute atomic E-state index is 0.0572. The van der Waals surface area contributed by atoms with Crippen molar-refractivity contribution in [2.45, 2.75) is 44.2 Å². The largest absolute Gasteiger partial charge is 0.404 e. The van der Waals surface area contributed by atoms with Gasteiger partial charge in [0.15, 0.2) is 5.92 Å². The number of hydrogen-bond donors (Lipinski definition) is 2. The second-order valence-corrected chi connectivity index (χ2v) is 10.4. The highest BCUT2D eigenvalue weighted by Crippen LogP contribution is 2.39. The van der Waals surface area contributed by atoms with Crippen LogP contribution in [0.2, 0.25) is 15.1 Å². The molecule has 1 heterocycles. The molecule has 0 bridgehead atoms. The van der Waals surface area contributed by atoms with Crippen LogP contribution in [0.15, 0.2) is 36.4 Å². The third-order valence-corrected chi connectivity index (χ3v) is 7.28. The van der Waals surface area contributed by atoms with E-state index in [1.54, 1.807) is 25.2 Å². The van der Waals surface area contributed by atoms with E-state index in [0.717, 1.165) is 43.6 Å². The standard InChI is InChI=1S/C26H29Cl3F3N3O2/c1-33-24(36)21-6-5-20(15-22(21)29)34-9-3-2-4-16-7-10-35(11-8-16)25(37)23(26(30,31)32)17-12-18(27)14-19(28)13-17/h5-6,12-16,23,34H,2-4,7-11H2,1H3,(H,33,36)/t23-/m0/s1. The lowest BCUT2D eigenvalue weighted by molar-refractivity contribution is -0.172. The average Bonchev–Trinajstić information content (AvgIpc) is 2.82. The Morgan fingerprint density at radius 3 is 2.24 bits per heavy atom. The number of benzene rings is 2. The molecule has 1 fully saturated rings. The molecule has 1 aliphatic rings. The van der Waals surface area contributed by atoms with Gasteiger partial charge in [-0.1, -0.05) is 47.6 Å². The number of nitrogens with zero attached hydrogens (tertiary/aromatic N) is 1. The molecule has 2 aromatic rings. The van der Waals surface area contributed by atoms with Gasteiger partial charge in [-0.2, -0.15) is 13.2 Å². The summed E-state index contributed by atoms with van der Waals surface area (Å²) in [5.74, 6) is -3.14. The van der Waals surface area contributed by atoms with Crippen molar-refractivity contribution in [2.24, 2.45) is 5.92 Å². The molecule has 11 heteroatoms. The van der Waals surface area contributed by atoms with Crippen molar-refractivity contribution < 1.29 is 22.8 Å². The molecule has 1 saturated heterocycles. The maximum Gasteiger partial charge on any atom is 0.404 e. The first kappa shape index (κ1) is 29.4. The summed E-state index contributed by atoms with van der Waals surface area (Å²) in [4.78, 5) is 25.9. The molecular weight excluding hydrogens is 550 g/mol. The Labute approximate surface area is 229 Å². The van der Waals surface area contributed by atoms with Crippen LogP contribution in [0.5, 0.6) is 0 Å². The van der Waals surface area contributed by atoms with Crippen molar-refractivity contribution >= 4 is 52.3 Å². The zero-order valence-corrected chi connectivity index (χ0v) is 22.6. The number of nitrogens with one attached hydrogen (secondary N) is 2. The van der Waals surface area contributed by atoms with Crippen LogP contribution < -0.4 is 10.6 Å². The van der Waals surface area contributed by atoms with Gasteiger partial charge in [0, 0.05) is 42.4 Å². The van der Waals surface area contributed by atoms with Crippen LogP contribution in [0.4, 0.5) is 18.9 Å². The predicted octanol–water partition coefficient (Wildman–Crippen LogP) is 7.17. The summed E-state index contributed by atoms with van der Waals surface area (Å²) in [5.41, 5.74) is 0.997. The van der Waals surface area contributed by atoms with Gasteiger partial charge in [-0.3, -0.25) is 9.59 Å². The first-order valence-corrected chi connectivity index (χ1v) is 13.2. The van der Waals surface area contributed by atoms with Crippen LogP contribution in [-0.4, -0.2) is 49.6 Å². The van der Waals surface area contributed by atoms with E-state index >= 15 is 0 Å². The van der Waals surface area contributed by atoms with Gasteiger partial charge < -0.3 is 15.5 Å². The van der Waals surface area contributed by atoms with Crippen molar-refractivity contribution in [1.82, 2.24) is 10.2 Å². The van der Waals surface area contributed by atoms with E-state index in [1.165, 1.54) is 11.0 Å². The number of halogens is 6. The van der Waals surface area contributed by atoms with E-state index in [0.29, 0.717) is 42.4 Å². The highest BCUT2D eigenvalue weighted by molar-refractivity contribution is 6.35. The Kier molecular flexibility index (Phi) is 10.4. The Bertz CT molecular complexity index is 1090. The van der Waals surface area contributed by atoms with E-state index in [1.807, 2.05) is 0 Å². The lowest BCUT2D eigenvalue weighted by atomic mass is 9.90. The minimum Gasteiger partial charge on any atom is -0.385 e. The van der Waals surface area contributed by atoms with E-state index in [2.05, 4.69) is 10.6 Å². The number of hydrogen-bond acceptors (Lipinski definition) is 3. The van der Waals surface area contributed by atoms with Crippen LogP contribution in [0.25, 0.3) is 0 Å². The van der Waals surface area contributed by atoms with Crippen LogP contribution >= 0.6 is 34.8 Å². The van der Waals surface area contributed by atoms with Gasteiger partial charge in [0.1, 0.15) is 0 Å². The minimum atomic E-state index is -4.75. The van der Waals surface area contributed by atoms with E-state index in [9.17, 15) is 22.8 Å². The number of rotatable bonds is 9. The van der Waals surface area contributed by atoms with Crippen LogP contribution in [0, 0.1) is 5.92 Å². The lowest BCUT2D eigenvalue weighted by Gasteiger charge is -2.35. The second kappa shape index (κ2) is 13.1. The number of piperidine rings is 1. The Morgan fingerprint density at radius 2 is 1.68 bits per heavy atom. The third-order valence-electron chi connectivity index (χ3n) is 6.53. The lowest BCUT2D eigenvalue weighted by Crippen LogP contribution is -2.44. The smallest absolute Gasteiger partial charge is 0.385 e. The van der Waals surface area contributed by atoms with Crippen molar-refractivity contribution in [2.75, 3.05) is 32.0 Å². The third kappa shape index (κ3) is 8.16. The molecule has 1 atom stereocenters. The Morgan fingerprint density at radius 1 is 1.03 bits per heavy atom. The maximum absolute atomic E-state index is 13.8. The van der Waals surface area contributed by atoms with Gasteiger partial charge in [0.2, 0.25) is 5.91 Å². The monoisotopic (exact) mass is 577 g/mol. The fourth-order valence-corrected chi connectivity index (χ4v) is 5.38. The molecule has 0 aromatic heterocycles. The molecule has 0 unspecified atom stereocenters. The number of anilines is 1. The fraction of sp³-hybridized carbons (Fsp3) is 0.462. The molecule has 2 aromatic carbocycles. The maximum atomic E-state index is 13.8. The number of alkyl halides is 3. The first-order chi connectivity index (χ1) is 17.5. The molecule has 0 radical (unpaired) electrons. The quantitative estimate of drug-likeness (QED) is 0.310. The highest BCUT2D eigenvalue weighted by Gasteiger charge is 2.48. The Hall–Kier alpha value is -2.16. The van der Waals surface area contributed by atoms with Gasteiger partial charge in [-0.25, -0.2) is 0 Å². The number of likely N-dealkylation sites (tertiary alicyclic amines) is 1. The molecule has 202 valence electrons. The van der Waals surface area contributed by atoms with Crippen molar-refractivity contribution in [3.05, 3.63) is 62.6 Å². The van der Waals surface area contributed by atoms with E-state index in [4.69, 9.17) is 34.8 Å². The number of carbonyl (C=O) groups is 2. The number of unbranched alkanes of at least 4 members (excludes halogenated alkanes) is 1. The number of carbonyl (C=O) groups excluding carboxylic acids is 2. The summed E-state index contributed by atoms with van der Waals surface area (Å²) in [5, 5.41) is 6.31. The molecular formula is C26H29Cl3F3N3O2. The second-order valence-electron chi connectivity index (χ2n) is 9.14. The van der Waals surface area contributed by atoms with Crippen molar-refractivity contribution in [3.63, 3.8) is 0 Å².